The van der Waals surface area contributed by atoms with E-state index in [0.717, 1.165) is 35.4 Å². The van der Waals surface area contributed by atoms with Gasteiger partial charge in [-0.2, -0.15) is 10.1 Å². The molecule has 0 radical (unpaired) electrons. The number of benzene rings is 1. The lowest BCUT2D eigenvalue weighted by Crippen LogP contribution is -2.31. The zero-order valence-electron chi connectivity index (χ0n) is 13.8. The first kappa shape index (κ1) is 14.9. The summed E-state index contributed by atoms with van der Waals surface area (Å²) in [6.07, 6.45) is 3.95. The van der Waals surface area contributed by atoms with Crippen molar-refractivity contribution in [2.75, 3.05) is 5.32 Å². The lowest BCUT2D eigenvalue weighted by Gasteiger charge is -2.32. The van der Waals surface area contributed by atoms with E-state index in [2.05, 4.69) is 15.4 Å². The lowest BCUT2D eigenvalue weighted by molar-refractivity contribution is -0.116. The summed E-state index contributed by atoms with van der Waals surface area (Å²) in [4.78, 5) is 16.9. The molecule has 2 aliphatic rings. The summed E-state index contributed by atoms with van der Waals surface area (Å²) >= 11 is 0. The fourth-order valence-corrected chi connectivity index (χ4v) is 3.43. The molecule has 0 bridgehead atoms. The molecule has 0 fully saturated rings. The zero-order valence-corrected chi connectivity index (χ0v) is 13.8. The van der Waals surface area contributed by atoms with Crippen LogP contribution in [0.5, 0.6) is 5.75 Å². The molecule has 1 atom stereocenters. The highest BCUT2D eigenvalue weighted by atomic mass is 16.5. The summed E-state index contributed by atoms with van der Waals surface area (Å²) in [6.45, 7) is 4.00. The SMILES string of the molecule is CC(C)Oc1cccc(C2C3=C(CCCC3=O)Nc3ncnn32)c1. The van der Waals surface area contributed by atoms with Crippen molar-refractivity contribution in [2.24, 2.45) is 0 Å². The number of ether oxygens (including phenoxy) is 1. The normalized spacial score (nSPS) is 19.8. The fourth-order valence-electron chi connectivity index (χ4n) is 3.43. The first-order valence-electron chi connectivity index (χ1n) is 8.33. The van der Waals surface area contributed by atoms with Gasteiger partial charge in [-0.05, 0) is 44.4 Å². The second-order valence-corrected chi connectivity index (χ2v) is 6.46. The number of carbonyl (C=O) groups is 1. The third-order valence-corrected chi connectivity index (χ3v) is 4.36. The number of anilines is 1. The van der Waals surface area contributed by atoms with E-state index in [1.807, 2.05) is 38.1 Å². The number of carbonyl (C=O) groups excluding carboxylic acids is 1. The molecular formula is C18H20N4O2. The lowest BCUT2D eigenvalue weighted by atomic mass is 9.85. The molecule has 6 heteroatoms. The van der Waals surface area contributed by atoms with Crippen LogP contribution in [0.1, 0.15) is 44.7 Å². The highest BCUT2D eigenvalue weighted by molar-refractivity contribution is 5.99. The van der Waals surface area contributed by atoms with Crippen molar-refractivity contribution in [1.29, 1.82) is 0 Å². The number of allylic oxidation sites excluding steroid dienone is 2. The standard InChI is InChI=1S/C18H20N4O2/c1-11(2)24-13-6-3-5-12(9-13)17-16-14(7-4-8-15(16)23)21-18-19-10-20-22(17)18/h3,5-6,9-11,17H,4,7-8H2,1-2H3,(H,19,20,21). The Morgan fingerprint density at radius 2 is 2.21 bits per heavy atom. The van der Waals surface area contributed by atoms with Crippen LogP contribution in [0.2, 0.25) is 0 Å². The van der Waals surface area contributed by atoms with E-state index in [-0.39, 0.29) is 17.9 Å². The molecule has 2 aromatic rings. The van der Waals surface area contributed by atoms with Gasteiger partial charge in [-0.25, -0.2) is 4.68 Å². The van der Waals surface area contributed by atoms with Gasteiger partial charge in [0.2, 0.25) is 5.95 Å². The minimum atomic E-state index is -0.248. The topological polar surface area (TPSA) is 69.0 Å². The Morgan fingerprint density at radius 3 is 3.04 bits per heavy atom. The number of nitrogens with zero attached hydrogens (tertiary/aromatic N) is 3. The highest BCUT2D eigenvalue weighted by Crippen LogP contribution is 2.40. The Labute approximate surface area is 140 Å². The van der Waals surface area contributed by atoms with Crippen LogP contribution in [0.4, 0.5) is 5.95 Å². The van der Waals surface area contributed by atoms with Gasteiger partial charge in [-0.3, -0.25) is 4.79 Å². The largest absolute Gasteiger partial charge is 0.491 e. The van der Waals surface area contributed by atoms with Gasteiger partial charge in [0, 0.05) is 17.7 Å². The average Bonchev–Trinajstić information content (AvgIpc) is 3.00. The van der Waals surface area contributed by atoms with Crippen LogP contribution in [0.3, 0.4) is 0 Å². The number of hydrogen-bond donors (Lipinski definition) is 1. The third-order valence-electron chi connectivity index (χ3n) is 4.36. The van der Waals surface area contributed by atoms with Crippen molar-refractivity contribution < 1.29 is 9.53 Å². The van der Waals surface area contributed by atoms with E-state index >= 15 is 0 Å². The number of fused-ring (bicyclic) bond motifs is 1. The minimum absolute atomic E-state index is 0.0984. The van der Waals surface area contributed by atoms with Crippen LogP contribution < -0.4 is 10.1 Å². The van der Waals surface area contributed by atoms with Crippen LogP contribution in [0.15, 0.2) is 41.9 Å². The molecule has 1 unspecified atom stereocenters. The fraction of sp³-hybridized carbons (Fsp3) is 0.389. The molecule has 1 aliphatic heterocycles. The van der Waals surface area contributed by atoms with Gasteiger partial charge in [0.05, 0.1) is 6.10 Å². The molecule has 6 nitrogen and oxygen atoms in total. The van der Waals surface area contributed by atoms with E-state index in [1.165, 1.54) is 6.33 Å². The van der Waals surface area contributed by atoms with Crippen molar-refractivity contribution >= 4 is 11.7 Å². The van der Waals surface area contributed by atoms with Gasteiger partial charge < -0.3 is 10.1 Å². The number of nitrogens with one attached hydrogen (secondary N) is 1. The minimum Gasteiger partial charge on any atom is -0.491 e. The van der Waals surface area contributed by atoms with Crippen LogP contribution in [-0.4, -0.2) is 26.7 Å². The molecule has 1 aromatic carbocycles. The number of rotatable bonds is 3. The average molecular weight is 324 g/mol. The molecule has 0 saturated heterocycles. The predicted molar refractivity (Wildman–Crippen MR) is 89.9 cm³/mol. The summed E-state index contributed by atoms with van der Waals surface area (Å²) < 4.78 is 7.60. The Hall–Kier alpha value is -2.63. The quantitative estimate of drug-likeness (QED) is 0.939. The van der Waals surface area contributed by atoms with E-state index < -0.39 is 0 Å². The Morgan fingerprint density at radius 1 is 1.33 bits per heavy atom. The molecule has 4 rings (SSSR count). The van der Waals surface area contributed by atoms with Crippen LogP contribution >= 0.6 is 0 Å². The summed E-state index contributed by atoms with van der Waals surface area (Å²) in [5.41, 5.74) is 2.78. The molecule has 24 heavy (non-hydrogen) atoms. The second kappa shape index (κ2) is 5.78. The molecule has 0 amide bonds. The van der Waals surface area contributed by atoms with Gasteiger partial charge in [0.1, 0.15) is 18.1 Å². The molecule has 1 aliphatic carbocycles. The van der Waals surface area contributed by atoms with Crippen molar-refractivity contribution in [3.05, 3.63) is 47.4 Å². The third kappa shape index (κ3) is 2.48. The number of Topliss-reactive ketones (excluding diaryl/α,β-unsaturated/α-hetero) is 1. The van der Waals surface area contributed by atoms with Crippen molar-refractivity contribution in [2.45, 2.75) is 45.3 Å². The van der Waals surface area contributed by atoms with E-state index in [4.69, 9.17) is 4.74 Å². The molecule has 1 N–H and O–H groups in total. The van der Waals surface area contributed by atoms with Crippen LogP contribution in [0, 0.1) is 0 Å². The molecule has 0 spiro atoms. The smallest absolute Gasteiger partial charge is 0.226 e. The summed E-state index contributed by atoms with van der Waals surface area (Å²) in [5.74, 6) is 1.67. The molecule has 2 heterocycles. The van der Waals surface area contributed by atoms with Gasteiger partial charge in [0.25, 0.3) is 0 Å². The van der Waals surface area contributed by atoms with E-state index in [1.54, 1.807) is 4.68 Å². The van der Waals surface area contributed by atoms with Crippen LogP contribution in [0.25, 0.3) is 0 Å². The van der Waals surface area contributed by atoms with Crippen molar-refractivity contribution in [3.63, 3.8) is 0 Å². The highest BCUT2D eigenvalue weighted by Gasteiger charge is 2.36. The van der Waals surface area contributed by atoms with Gasteiger partial charge >= 0.3 is 0 Å². The summed E-state index contributed by atoms with van der Waals surface area (Å²) in [6, 6.07) is 7.65. The molecular weight excluding hydrogens is 304 g/mol. The summed E-state index contributed by atoms with van der Waals surface area (Å²) in [7, 11) is 0. The van der Waals surface area contributed by atoms with Gasteiger partial charge in [-0.1, -0.05) is 12.1 Å². The first-order chi connectivity index (χ1) is 11.6. The van der Waals surface area contributed by atoms with Gasteiger partial charge in [0.15, 0.2) is 5.78 Å². The molecule has 1 aromatic heterocycles. The van der Waals surface area contributed by atoms with E-state index in [9.17, 15) is 4.79 Å². The zero-order chi connectivity index (χ0) is 16.7. The molecule has 124 valence electrons. The maximum Gasteiger partial charge on any atom is 0.226 e. The second-order valence-electron chi connectivity index (χ2n) is 6.46. The number of hydrogen-bond acceptors (Lipinski definition) is 5. The maximum absolute atomic E-state index is 12.6. The number of aromatic nitrogens is 3. The predicted octanol–water partition coefficient (Wildman–Crippen LogP) is 3.09. The molecule has 0 saturated carbocycles. The van der Waals surface area contributed by atoms with E-state index in [0.29, 0.717) is 12.4 Å². The Kier molecular flexibility index (Phi) is 3.59. The first-order valence-corrected chi connectivity index (χ1v) is 8.33. The van der Waals surface area contributed by atoms with Crippen molar-refractivity contribution in [3.8, 4) is 5.75 Å². The maximum atomic E-state index is 12.6. The monoisotopic (exact) mass is 324 g/mol. The van der Waals surface area contributed by atoms with Crippen molar-refractivity contribution in [1.82, 2.24) is 14.8 Å². The Bertz CT molecular complexity index is 822. The van der Waals surface area contributed by atoms with Crippen LogP contribution in [-0.2, 0) is 4.79 Å². The Balaban J connectivity index is 1.83. The summed E-state index contributed by atoms with van der Waals surface area (Å²) in [5, 5.41) is 7.62. The number of ketones is 1. The van der Waals surface area contributed by atoms with Gasteiger partial charge in [-0.15, -0.1) is 0 Å².